The molecule has 0 fully saturated rings. The van der Waals surface area contributed by atoms with Gasteiger partial charge in [-0.3, -0.25) is 4.79 Å². The van der Waals surface area contributed by atoms with Gasteiger partial charge < -0.3 is 4.74 Å². The lowest BCUT2D eigenvalue weighted by molar-refractivity contribution is -0.142. The number of rotatable bonds is 5. The van der Waals surface area contributed by atoms with E-state index in [1.807, 2.05) is 24.3 Å². The fourth-order valence-electron chi connectivity index (χ4n) is 1.63. The predicted molar refractivity (Wildman–Crippen MR) is 84.4 cm³/mol. The van der Waals surface area contributed by atoms with Crippen LogP contribution in [0.15, 0.2) is 41.8 Å². The Morgan fingerprint density at radius 1 is 1.24 bits per heavy atom. The molecule has 4 nitrogen and oxygen atoms in total. The van der Waals surface area contributed by atoms with E-state index in [1.54, 1.807) is 26.2 Å². The first-order valence-electron chi connectivity index (χ1n) is 6.51. The summed E-state index contributed by atoms with van der Waals surface area (Å²) in [6, 6.07) is 7.47. The summed E-state index contributed by atoms with van der Waals surface area (Å²) in [5, 5.41) is 0.912. The summed E-state index contributed by atoms with van der Waals surface area (Å²) in [5.41, 5.74) is 1.90. The molecule has 0 spiro atoms. The van der Waals surface area contributed by atoms with Gasteiger partial charge in [0.2, 0.25) is 0 Å². The first-order valence-corrected chi connectivity index (χ1v) is 7.77. The van der Waals surface area contributed by atoms with E-state index in [2.05, 4.69) is 9.97 Å². The molecule has 0 aliphatic heterocycles. The Hall–Kier alpha value is -1.59. The lowest BCUT2D eigenvalue weighted by atomic mass is 10.1. The number of esters is 1. The summed E-state index contributed by atoms with van der Waals surface area (Å²) < 4.78 is 4.95. The zero-order valence-corrected chi connectivity index (χ0v) is 13.3. The van der Waals surface area contributed by atoms with Crippen molar-refractivity contribution in [2.24, 2.45) is 0 Å². The van der Waals surface area contributed by atoms with Crippen molar-refractivity contribution in [2.45, 2.75) is 24.3 Å². The zero-order chi connectivity index (χ0) is 15.2. The molecule has 0 N–H and O–H groups in total. The van der Waals surface area contributed by atoms with Gasteiger partial charge in [0.25, 0.3) is 0 Å². The molecule has 1 atom stereocenters. The molecule has 1 heterocycles. The van der Waals surface area contributed by atoms with E-state index in [0.29, 0.717) is 16.8 Å². The van der Waals surface area contributed by atoms with Crippen LogP contribution in [0.5, 0.6) is 0 Å². The van der Waals surface area contributed by atoms with Crippen molar-refractivity contribution < 1.29 is 9.53 Å². The predicted octanol–water partition coefficient (Wildman–Crippen LogP) is 3.84. The van der Waals surface area contributed by atoms with Crippen LogP contribution >= 0.6 is 23.4 Å². The Morgan fingerprint density at radius 3 is 2.43 bits per heavy atom. The lowest BCUT2D eigenvalue weighted by Crippen LogP contribution is -2.17. The van der Waals surface area contributed by atoms with Gasteiger partial charge >= 0.3 is 5.97 Å². The molecule has 1 aromatic carbocycles. The molecule has 110 valence electrons. The van der Waals surface area contributed by atoms with Crippen molar-refractivity contribution in [1.29, 1.82) is 0 Å². The van der Waals surface area contributed by atoms with E-state index in [-0.39, 0.29) is 11.2 Å². The summed E-state index contributed by atoms with van der Waals surface area (Å²) in [5.74, 6) is -0.257. The minimum Gasteiger partial charge on any atom is -0.465 e. The third-order valence-corrected chi connectivity index (χ3v) is 3.93. The molecule has 2 rings (SSSR count). The Labute approximate surface area is 132 Å². The maximum Gasteiger partial charge on any atom is 0.319 e. The van der Waals surface area contributed by atoms with Crippen molar-refractivity contribution in [3.8, 4) is 11.1 Å². The first kappa shape index (κ1) is 15.8. The summed E-state index contributed by atoms with van der Waals surface area (Å²) in [6.45, 7) is 3.94. The van der Waals surface area contributed by atoms with Gasteiger partial charge in [0.1, 0.15) is 5.25 Å². The molecule has 0 aliphatic carbocycles. The quantitative estimate of drug-likeness (QED) is 0.475. The van der Waals surface area contributed by atoms with E-state index >= 15 is 0 Å². The van der Waals surface area contributed by atoms with Crippen molar-refractivity contribution in [2.75, 3.05) is 6.61 Å². The van der Waals surface area contributed by atoms with Gasteiger partial charge in [0, 0.05) is 23.0 Å². The summed E-state index contributed by atoms with van der Waals surface area (Å²) in [7, 11) is 0. The number of hydrogen-bond acceptors (Lipinski definition) is 5. The monoisotopic (exact) mass is 322 g/mol. The van der Waals surface area contributed by atoms with Crippen molar-refractivity contribution in [3.05, 3.63) is 41.7 Å². The second kappa shape index (κ2) is 7.43. The molecule has 0 saturated carbocycles. The fraction of sp³-hybridized carbons (Fsp3) is 0.267. The van der Waals surface area contributed by atoms with E-state index in [9.17, 15) is 4.79 Å². The molecular weight excluding hydrogens is 308 g/mol. The van der Waals surface area contributed by atoms with Crippen LogP contribution in [-0.4, -0.2) is 27.8 Å². The average molecular weight is 323 g/mol. The van der Waals surface area contributed by atoms with E-state index < -0.39 is 0 Å². The number of aromatic nitrogens is 2. The fourth-order valence-corrected chi connectivity index (χ4v) is 2.47. The maximum absolute atomic E-state index is 11.6. The first-order chi connectivity index (χ1) is 10.1. The third kappa shape index (κ3) is 4.44. The normalized spacial score (nSPS) is 12.0. The van der Waals surface area contributed by atoms with Gasteiger partial charge in [-0.15, -0.1) is 0 Å². The van der Waals surface area contributed by atoms with Gasteiger partial charge in [-0.2, -0.15) is 0 Å². The Balaban J connectivity index is 2.05. The number of ether oxygens (including phenoxy) is 1. The Bertz CT molecular complexity index is 602. The highest BCUT2D eigenvalue weighted by Crippen LogP contribution is 2.24. The molecule has 1 aromatic heterocycles. The molecule has 21 heavy (non-hydrogen) atoms. The standard InChI is InChI=1S/C15H15ClN2O2S/c1-3-20-14(19)10(2)21-15-17-8-12(9-18-15)11-4-6-13(16)7-5-11/h4-10H,3H2,1-2H3/t10-/m1/s1. The topological polar surface area (TPSA) is 52.1 Å². The van der Waals surface area contributed by atoms with Crippen molar-refractivity contribution in [1.82, 2.24) is 9.97 Å². The highest BCUT2D eigenvalue weighted by molar-refractivity contribution is 8.00. The molecule has 0 radical (unpaired) electrons. The number of benzene rings is 1. The summed E-state index contributed by atoms with van der Waals surface area (Å²) in [4.78, 5) is 20.1. The second-order valence-corrected chi connectivity index (χ2v) is 6.02. The molecule has 2 aromatic rings. The highest BCUT2D eigenvalue weighted by Gasteiger charge is 2.16. The van der Waals surface area contributed by atoms with Crippen molar-refractivity contribution >= 4 is 29.3 Å². The summed E-state index contributed by atoms with van der Waals surface area (Å²) >= 11 is 7.14. The Kier molecular flexibility index (Phi) is 5.59. The van der Waals surface area contributed by atoms with Gasteiger partial charge in [0.15, 0.2) is 5.16 Å². The molecule has 0 aliphatic rings. The van der Waals surface area contributed by atoms with Crippen LogP contribution in [0.25, 0.3) is 11.1 Å². The number of thioether (sulfide) groups is 1. The van der Waals surface area contributed by atoms with Gasteiger partial charge in [0.05, 0.1) is 6.61 Å². The van der Waals surface area contributed by atoms with Crippen LogP contribution in [0, 0.1) is 0 Å². The highest BCUT2D eigenvalue weighted by atomic mass is 35.5. The van der Waals surface area contributed by atoms with E-state index in [4.69, 9.17) is 16.3 Å². The minimum absolute atomic E-state index is 0.257. The lowest BCUT2D eigenvalue weighted by Gasteiger charge is -2.09. The molecule has 0 unspecified atom stereocenters. The SMILES string of the molecule is CCOC(=O)[C@@H](C)Sc1ncc(-c2ccc(Cl)cc2)cn1. The average Bonchev–Trinajstić information content (AvgIpc) is 2.49. The van der Waals surface area contributed by atoms with Crippen LogP contribution < -0.4 is 0 Å². The molecule has 0 bridgehead atoms. The van der Waals surface area contributed by atoms with E-state index in [0.717, 1.165) is 11.1 Å². The van der Waals surface area contributed by atoms with Crippen molar-refractivity contribution in [3.63, 3.8) is 0 Å². The zero-order valence-electron chi connectivity index (χ0n) is 11.7. The molecule has 0 amide bonds. The molecular formula is C15H15ClN2O2S. The smallest absolute Gasteiger partial charge is 0.319 e. The molecule has 0 saturated heterocycles. The molecule has 6 heteroatoms. The Morgan fingerprint density at radius 2 is 1.86 bits per heavy atom. The second-order valence-electron chi connectivity index (χ2n) is 4.27. The maximum atomic E-state index is 11.6. The largest absolute Gasteiger partial charge is 0.465 e. The number of carbonyl (C=O) groups is 1. The van der Waals surface area contributed by atoms with E-state index in [1.165, 1.54) is 11.8 Å². The number of carbonyl (C=O) groups excluding carboxylic acids is 1. The van der Waals surface area contributed by atoms with Crippen LogP contribution in [0.4, 0.5) is 0 Å². The van der Waals surface area contributed by atoms with Crippen LogP contribution in [-0.2, 0) is 9.53 Å². The summed E-state index contributed by atoms with van der Waals surface area (Å²) in [6.07, 6.45) is 3.47. The van der Waals surface area contributed by atoms with Gasteiger partial charge in [-0.25, -0.2) is 9.97 Å². The number of hydrogen-bond donors (Lipinski definition) is 0. The van der Waals surface area contributed by atoms with Crippen LogP contribution in [0.1, 0.15) is 13.8 Å². The number of nitrogens with zero attached hydrogens (tertiary/aromatic N) is 2. The minimum atomic E-state index is -0.327. The third-order valence-electron chi connectivity index (χ3n) is 2.71. The van der Waals surface area contributed by atoms with Crippen LogP contribution in [0.3, 0.4) is 0 Å². The van der Waals surface area contributed by atoms with Gasteiger partial charge in [-0.05, 0) is 31.5 Å². The number of halogens is 1. The van der Waals surface area contributed by atoms with Crippen LogP contribution in [0.2, 0.25) is 5.02 Å². The van der Waals surface area contributed by atoms with Gasteiger partial charge in [-0.1, -0.05) is 35.5 Å².